The minimum Gasteiger partial charge on any atom is -0.461 e. The molecule has 0 amide bonds. The highest BCUT2D eigenvalue weighted by Gasteiger charge is 2.15. The summed E-state index contributed by atoms with van der Waals surface area (Å²) >= 11 is 1.37. The van der Waals surface area contributed by atoms with Crippen LogP contribution in [0.4, 0.5) is 0 Å². The first-order valence-electron chi connectivity index (χ1n) is 10.2. The molecule has 0 aliphatic carbocycles. The van der Waals surface area contributed by atoms with E-state index in [4.69, 9.17) is 18.9 Å². The molecule has 1 heterocycles. The molecule has 0 spiro atoms. The first kappa shape index (κ1) is 23.1. The maximum atomic E-state index is 11.8. The van der Waals surface area contributed by atoms with Crippen LogP contribution in [0.25, 0.3) is 0 Å². The predicted octanol–water partition coefficient (Wildman–Crippen LogP) is 4.64. The predicted molar refractivity (Wildman–Crippen MR) is 119 cm³/mol. The van der Waals surface area contributed by atoms with Crippen molar-refractivity contribution in [3.05, 3.63) is 87.9 Å². The van der Waals surface area contributed by atoms with Gasteiger partial charge in [-0.25, -0.2) is 9.78 Å². The summed E-state index contributed by atoms with van der Waals surface area (Å²) in [6.07, 6.45) is -0.262. The Morgan fingerprint density at radius 2 is 1.48 bits per heavy atom. The minimum absolute atomic E-state index is 0.262. The third-order valence-electron chi connectivity index (χ3n) is 4.31. The molecule has 0 aliphatic rings. The summed E-state index contributed by atoms with van der Waals surface area (Å²) in [6.45, 7) is 4.15. The Hall–Kier alpha value is -2.58. The van der Waals surface area contributed by atoms with Crippen LogP contribution in [0.15, 0.2) is 66.0 Å². The number of hydrogen-bond acceptors (Lipinski definition) is 7. The maximum absolute atomic E-state index is 11.8. The monoisotopic (exact) mass is 441 g/mol. The molecule has 0 aliphatic heterocycles. The molecular weight excluding hydrogens is 414 g/mol. The summed E-state index contributed by atoms with van der Waals surface area (Å²) in [7, 11) is 0. The van der Waals surface area contributed by atoms with Crippen LogP contribution in [0.3, 0.4) is 0 Å². The number of carbonyl (C=O) groups is 1. The molecule has 31 heavy (non-hydrogen) atoms. The number of aromatic nitrogens is 1. The van der Waals surface area contributed by atoms with Gasteiger partial charge in [0.2, 0.25) is 0 Å². The summed E-state index contributed by atoms with van der Waals surface area (Å²) in [5.41, 5.74) is 2.51. The van der Waals surface area contributed by atoms with Crippen LogP contribution in [0.1, 0.15) is 33.5 Å². The number of ether oxygens (including phenoxy) is 4. The van der Waals surface area contributed by atoms with Gasteiger partial charge in [0.15, 0.2) is 5.69 Å². The Morgan fingerprint density at radius 1 is 0.903 bits per heavy atom. The van der Waals surface area contributed by atoms with E-state index in [0.717, 1.165) is 11.1 Å². The van der Waals surface area contributed by atoms with Gasteiger partial charge in [-0.2, -0.15) is 0 Å². The number of thiazole rings is 1. The molecule has 164 valence electrons. The molecule has 7 heteroatoms. The molecule has 0 bridgehead atoms. The Balaban J connectivity index is 1.50. The average Bonchev–Trinajstić information content (AvgIpc) is 3.28. The molecule has 3 aromatic rings. The molecule has 3 rings (SSSR count). The second-order valence-electron chi connectivity index (χ2n) is 6.78. The van der Waals surface area contributed by atoms with Gasteiger partial charge in [-0.3, -0.25) is 0 Å². The topological polar surface area (TPSA) is 66.9 Å². The number of nitrogens with zero attached hydrogens (tertiary/aromatic N) is 1. The van der Waals surface area contributed by atoms with E-state index in [1.807, 2.05) is 60.7 Å². The van der Waals surface area contributed by atoms with Crippen LogP contribution in [-0.2, 0) is 38.8 Å². The Bertz CT molecular complexity index is 855. The maximum Gasteiger partial charge on any atom is 0.357 e. The molecule has 1 aromatic heterocycles. The Morgan fingerprint density at radius 3 is 2.03 bits per heavy atom. The Kier molecular flexibility index (Phi) is 9.66. The molecule has 0 saturated heterocycles. The number of esters is 1. The summed E-state index contributed by atoms with van der Waals surface area (Å²) < 4.78 is 22.7. The Labute approximate surface area is 186 Å². The van der Waals surface area contributed by atoms with Gasteiger partial charge in [0, 0.05) is 5.38 Å². The van der Waals surface area contributed by atoms with Crippen LogP contribution < -0.4 is 0 Å². The SMILES string of the molecule is CCOC(=O)c1csc(COC(COCc2ccccc2)COCc2ccccc2)n1. The fourth-order valence-corrected chi connectivity index (χ4v) is 3.46. The minimum atomic E-state index is -0.418. The van der Waals surface area contributed by atoms with E-state index in [-0.39, 0.29) is 12.7 Å². The number of benzene rings is 2. The second-order valence-corrected chi connectivity index (χ2v) is 7.72. The van der Waals surface area contributed by atoms with E-state index in [1.165, 1.54) is 11.3 Å². The van der Waals surface area contributed by atoms with Crippen molar-refractivity contribution in [2.24, 2.45) is 0 Å². The third kappa shape index (κ3) is 8.22. The normalized spacial score (nSPS) is 11.0. The molecule has 2 aromatic carbocycles. The lowest BCUT2D eigenvalue weighted by atomic mass is 10.2. The van der Waals surface area contributed by atoms with Gasteiger partial charge >= 0.3 is 5.97 Å². The zero-order chi connectivity index (χ0) is 21.7. The largest absolute Gasteiger partial charge is 0.461 e. The zero-order valence-electron chi connectivity index (χ0n) is 17.6. The molecule has 0 N–H and O–H groups in total. The molecule has 0 unspecified atom stereocenters. The molecule has 6 nitrogen and oxygen atoms in total. The second kappa shape index (κ2) is 13.0. The average molecular weight is 442 g/mol. The molecule has 0 radical (unpaired) electrons. The summed E-state index contributed by atoms with van der Waals surface area (Å²) in [6, 6.07) is 20.0. The van der Waals surface area contributed by atoms with Gasteiger partial charge in [0.25, 0.3) is 0 Å². The van der Waals surface area contributed by atoms with Crippen molar-refractivity contribution in [1.82, 2.24) is 4.98 Å². The quantitative estimate of drug-likeness (QED) is 0.360. The fraction of sp³-hybridized carbons (Fsp3) is 0.333. The van der Waals surface area contributed by atoms with Crippen LogP contribution in [0.2, 0.25) is 0 Å². The van der Waals surface area contributed by atoms with E-state index in [0.29, 0.717) is 43.7 Å². The molecule has 0 saturated carbocycles. The van der Waals surface area contributed by atoms with Gasteiger partial charge in [-0.1, -0.05) is 60.7 Å². The lowest BCUT2D eigenvalue weighted by Gasteiger charge is -2.18. The van der Waals surface area contributed by atoms with Crippen LogP contribution >= 0.6 is 11.3 Å². The van der Waals surface area contributed by atoms with Crippen molar-refractivity contribution < 1.29 is 23.7 Å². The lowest BCUT2D eigenvalue weighted by Crippen LogP contribution is -2.25. The van der Waals surface area contributed by atoms with Crippen molar-refractivity contribution >= 4 is 17.3 Å². The smallest absolute Gasteiger partial charge is 0.357 e. The highest BCUT2D eigenvalue weighted by atomic mass is 32.1. The standard InChI is InChI=1S/C24H27NO5S/c1-2-29-24(26)22-18-31-23(25-22)17-30-21(15-27-13-19-9-5-3-6-10-19)16-28-14-20-11-7-4-8-12-20/h3-12,18,21H,2,13-17H2,1H3. The third-order valence-corrected chi connectivity index (χ3v) is 5.13. The van der Waals surface area contributed by atoms with E-state index >= 15 is 0 Å². The number of hydrogen-bond donors (Lipinski definition) is 0. The zero-order valence-corrected chi connectivity index (χ0v) is 18.4. The molecular formula is C24H27NO5S. The van der Waals surface area contributed by atoms with Crippen LogP contribution in [0, 0.1) is 0 Å². The van der Waals surface area contributed by atoms with E-state index in [2.05, 4.69) is 4.98 Å². The van der Waals surface area contributed by atoms with E-state index in [1.54, 1.807) is 12.3 Å². The van der Waals surface area contributed by atoms with Gasteiger partial charge in [-0.15, -0.1) is 11.3 Å². The van der Waals surface area contributed by atoms with Crippen molar-refractivity contribution in [3.63, 3.8) is 0 Å². The van der Waals surface area contributed by atoms with Crippen LogP contribution in [-0.4, -0.2) is 36.9 Å². The summed E-state index contributed by atoms with van der Waals surface area (Å²) in [4.78, 5) is 16.1. The fourth-order valence-electron chi connectivity index (χ4n) is 2.77. The van der Waals surface area contributed by atoms with Gasteiger partial charge in [0.1, 0.15) is 11.1 Å². The first-order chi connectivity index (χ1) is 15.2. The van der Waals surface area contributed by atoms with E-state index in [9.17, 15) is 4.79 Å². The summed E-state index contributed by atoms with van der Waals surface area (Å²) in [5.74, 6) is -0.418. The van der Waals surface area contributed by atoms with Crippen molar-refractivity contribution in [3.8, 4) is 0 Å². The number of rotatable bonds is 13. The number of carbonyl (C=O) groups excluding carboxylic acids is 1. The van der Waals surface area contributed by atoms with Crippen molar-refractivity contribution in [2.75, 3.05) is 19.8 Å². The van der Waals surface area contributed by atoms with Crippen LogP contribution in [0.5, 0.6) is 0 Å². The molecule has 0 atom stereocenters. The highest BCUT2D eigenvalue weighted by Crippen LogP contribution is 2.14. The lowest BCUT2D eigenvalue weighted by molar-refractivity contribution is -0.0730. The van der Waals surface area contributed by atoms with Gasteiger partial charge in [-0.05, 0) is 18.1 Å². The molecule has 0 fully saturated rings. The highest BCUT2D eigenvalue weighted by molar-refractivity contribution is 7.09. The van der Waals surface area contributed by atoms with Crippen molar-refractivity contribution in [1.29, 1.82) is 0 Å². The summed E-state index contributed by atoms with van der Waals surface area (Å²) in [5, 5.41) is 2.39. The van der Waals surface area contributed by atoms with Gasteiger partial charge in [0.05, 0.1) is 39.6 Å². The van der Waals surface area contributed by atoms with Gasteiger partial charge < -0.3 is 18.9 Å². The van der Waals surface area contributed by atoms with Crippen molar-refractivity contribution in [2.45, 2.75) is 32.8 Å². The van der Waals surface area contributed by atoms with E-state index < -0.39 is 5.97 Å². The first-order valence-corrected chi connectivity index (χ1v) is 11.1.